The van der Waals surface area contributed by atoms with Gasteiger partial charge in [0.1, 0.15) is 5.01 Å². The Kier molecular flexibility index (Phi) is 4.97. The number of hydrogen-bond acceptors (Lipinski definition) is 5. The fourth-order valence-electron chi connectivity index (χ4n) is 3.07. The molecule has 7 heteroatoms. The second-order valence-electron chi connectivity index (χ2n) is 6.58. The van der Waals surface area contributed by atoms with Crippen LogP contribution < -0.4 is 0 Å². The lowest BCUT2D eigenvalue weighted by atomic mass is 10.1. The zero-order valence-electron chi connectivity index (χ0n) is 14.7. The van der Waals surface area contributed by atoms with E-state index in [0.717, 1.165) is 26.7 Å². The van der Waals surface area contributed by atoms with Crippen molar-refractivity contribution in [2.45, 2.75) is 32.7 Å². The molecule has 1 fully saturated rings. The summed E-state index contributed by atoms with van der Waals surface area (Å²) >= 11 is 1.54. The normalized spacial score (nSPS) is 19.1. The minimum Gasteiger partial charge on any atom is -0.341 e. The Balaban J connectivity index is 1.75. The highest BCUT2D eigenvalue weighted by molar-refractivity contribution is 7.91. The van der Waals surface area contributed by atoms with E-state index in [2.05, 4.69) is 4.98 Å². The van der Waals surface area contributed by atoms with Gasteiger partial charge in [-0.25, -0.2) is 13.4 Å². The zero-order chi connectivity index (χ0) is 18.2. The van der Waals surface area contributed by atoms with Crippen LogP contribution in [0.15, 0.2) is 24.3 Å². The van der Waals surface area contributed by atoms with E-state index in [1.165, 1.54) is 11.3 Å². The lowest BCUT2D eigenvalue weighted by Gasteiger charge is -2.23. The average Bonchev–Trinajstić information content (AvgIpc) is 3.09. The lowest BCUT2D eigenvalue weighted by Crippen LogP contribution is -2.38. The number of rotatable bonds is 4. The molecule has 2 aromatic rings. The van der Waals surface area contributed by atoms with Crippen LogP contribution in [0.25, 0.3) is 10.6 Å². The van der Waals surface area contributed by atoms with E-state index in [4.69, 9.17) is 0 Å². The van der Waals surface area contributed by atoms with Crippen molar-refractivity contribution >= 4 is 27.1 Å². The molecule has 25 heavy (non-hydrogen) atoms. The Morgan fingerprint density at radius 2 is 2.04 bits per heavy atom. The first-order valence-corrected chi connectivity index (χ1v) is 10.9. The molecule has 1 atom stereocenters. The van der Waals surface area contributed by atoms with Crippen molar-refractivity contribution in [1.82, 2.24) is 9.88 Å². The SMILES string of the molecule is Cc1ccccc1-c1nc(C)c(CC(=O)N(C)C2CCS(=O)(=O)C2)s1. The smallest absolute Gasteiger partial charge is 0.227 e. The molecule has 0 spiro atoms. The summed E-state index contributed by atoms with van der Waals surface area (Å²) in [4.78, 5) is 19.7. The molecule has 0 N–H and O–H groups in total. The van der Waals surface area contributed by atoms with Crippen LogP contribution in [0.5, 0.6) is 0 Å². The molecule has 5 nitrogen and oxygen atoms in total. The number of aryl methyl sites for hydroxylation is 2. The fraction of sp³-hybridized carbons (Fsp3) is 0.444. The van der Waals surface area contributed by atoms with E-state index in [0.29, 0.717) is 6.42 Å². The van der Waals surface area contributed by atoms with E-state index in [1.807, 2.05) is 38.1 Å². The molecule has 1 aromatic heterocycles. The van der Waals surface area contributed by atoms with Gasteiger partial charge in [0.15, 0.2) is 9.84 Å². The van der Waals surface area contributed by atoms with E-state index in [-0.39, 0.29) is 29.9 Å². The van der Waals surface area contributed by atoms with Crippen molar-refractivity contribution in [2.75, 3.05) is 18.6 Å². The monoisotopic (exact) mass is 378 g/mol. The maximum Gasteiger partial charge on any atom is 0.227 e. The third kappa shape index (κ3) is 3.93. The fourth-order valence-corrected chi connectivity index (χ4v) is 5.98. The van der Waals surface area contributed by atoms with Gasteiger partial charge in [-0.2, -0.15) is 0 Å². The number of amides is 1. The number of likely N-dealkylation sites (N-methyl/N-ethyl adjacent to an activating group) is 1. The van der Waals surface area contributed by atoms with Crippen molar-refractivity contribution in [3.63, 3.8) is 0 Å². The predicted octanol–water partition coefficient (Wildman–Crippen LogP) is 2.61. The number of sulfone groups is 1. The predicted molar refractivity (Wildman–Crippen MR) is 101 cm³/mol. The van der Waals surface area contributed by atoms with Crippen LogP contribution in [0.2, 0.25) is 0 Å². The van der Waals surface area contributed by atoms with Crippen LogP contribution in [0.4, 0.5) is 0 Å². The van der Waals surface area contributed by atoms with Crippen molar-refractivity contribution < 1.29 is 13.2 Å². The van der Waals surface area contributed by atoms with Gasteiger partial charge in [-0.3, -0.25) is 4.79 Å². The molecule has 1 amide bonds. The summed E-state index contributed by atoms with van der Waals surface area (Å²) in [5, 5.41) is 0.921. The summed E-state index contributed by atoms with van der Waals surface area (Å²) in [5.41, 5.74) is 3.11. The Hall–Kier alpha value is -1.73. The van der Waals surface area contributed by atoms with Gasteiger partial charge in [0.05, 0.1) is 23.6 Å². The van der Waals surface area contributed by atoms with Gasteiger partial charge in [0.25, 0.3) is 0 Å². The van der Waals surface area contributed by atoms with Gasteiger partial charge in [-0.15, -0.1) is 11.3 Å². The van der Waals surface area contributed by atoms with Gasteiger partial charge in [-0.05, 0) is 25.8 Å². The molecule has 1 unspecified atom stereocenters. The van der Waals surface area contributed by atoms with E-state index >= 15 is 0 Å². The van der Waals surface area contributed by atoms with Crippen LogP contribution in [-0.2, 0) is 21.1 Å². The largest absolute Gasteiger partial charge is 0.341 e. The second kappa shape index (κ2) is 6.88. The zero-order valence-corrected chi connectivity index (χ0v) is 16.3. The number of aromatic nitrogens is 1. The molecular formula is C18H22N2O3S2. The number of carbonyl (C=O) groups excluding carboxylic acids is 1. The van der Waals surface area contributed by atoms with Gasteiger partial charge >= 0.3 is 0 Å². The summed E-state index contributed by atoms with van der Waals surface area (Å²) in [6, 6.07) is 7.86. The van der Waals surface area contributed by atoms with E-state index in [9.17, 15) is 13.2 Å². The second-order valence-corrected chi connectivity index (χ2v) is 9.89. The number of carbonyl (C=O) groups is 1. The Bertz CT molecular complexity index is 903. The number of nitrogens with zero attached hydrogens (tertiary/aromatic N) is 2. The first kappa shape index (κ1) is 18.1. The van der Waals surface area contributed by atoms with Gasteiger partial charge in [0.2, 0.25) is 5.91 Å². The van der Waals surface area contributed by atoms with E-state index < -0.39 is 9.84 Å². The molecule has 0 bridgehead atoms. The number of thiazole rings is 1. The van der Waals surface area contributed by atoms with E-state index in [1.54, 1.807) is 11.9 Å². The quantitative estimate of drug-likeness (QED) is 0.820. The molecule has 0 radical (unpaired) electrons. The third-order valence-electron chi connectivity index (χ3n) is 4.73. The van der Waals surface area contributed by atoms with Crippen LogP contribution in [0.1, 0.15) is 22.6 Å². The number of hydrogen-bond donors (Lipinski definition) is 0. The minimum absolute atomic E-state index is 0.0508. The van der Waals surface area contributed by atoms with Crippen molar-refractivity contribution in [3.8, 4) is 10.6 Å². The maximum absolute atomic E-state index is 12.6. The molecular weight excluding hydrogens is 356 g/mol. The first-order valence-electron chi connectivity index (χ1n) is 8.25. The van der Waals surface area contributed by atoms with Crippen molar-refractivity contribution in [3.05, 3.63) is 40.4 Å². The highest BCUT2D eigenvalue weighted by Crippen LogP contribution is 2.30. The van der Waals surface area contributed by atoms with Gasteiger partial charge in [0, 0.05) is 23.5 Å². The summed E-state index contributed by atoms with van der Waals surface area (Å²) in [6.07, 6.45) is 0.795. The lowest BCUT2D eigenvalue weighted by molar-refractivity contribution is -0.130. The van der Waals surface area contributed by atoms with Crippen LogP contribution >= 0.6 is 11.3 Å². The molecule has 1 aliphatic heterocycles. The third-order valence-corrected chi connectivity index (χ3v) is 7.67. The first-order chi connectivity index (χ1) is 11.8. The highest BCUT2D eigenvalue weighted by Gasteiger charge is 2.32. The summed E-state index contributed by atoms with van der Waals surface area (Å²) in [7, 11) is -1.29. The molecule has 0 aliphatic carbocycles. The van der Waals surface area contributed by atoms with Crippen molar-refractivity contribution in [1.29, 1.82) is 0 Å². The molecule has 2 heterocycles. The standard InChI is InChI=1S/C18H22N2O3S2/c1-12-6-4-5-7-15(12)18-19-13(2)16(24-18)10-17(21)20(3)14-8-9-25(22,23)11-14/h4-7,14H,8-11H2,1-3H3. The van der Waals surface area contributed by atoms with Crippen molar-refractivity contribution in [2.24, 2.45) is 0 Å². The molecule has 134 valence electrons. The van der Waals surface area contributed by atoms with Crippen LogP contribution in [-0.4, -0.2) is 48.8 Å². The van der Waals surface area contributed by atoms with Gasteiger partial charge in [-0.1, -0.05) is 24.3 Å². The Labute approximate surface area is 152 Å². The highest BCUT2D eigenvalue weighted by atomic mass is 32.2. The maximum atomic E-state index is 12.6. The van der Waals surface area contributed by atoms with Crippen LogP contribution in [0.3, 0.4) is 0 Å². The Morgan fingerprint density at radius 3 is 2.68 bits per heavy atom. The molecule has 1 aliphatic rings. The average molecular weight is 379 g/mol. The molecule has 0 saturated carbocycles. The van der Waals surface area contributed by atoms with Crippen LogP contribution in [0, 0.1) is 13.8 Å². The molecule has 1 saturated heterocycles. The Morgan fingerprint density at radius 1 is 1.32 bits per heavy atom. The summed E-state index contributed by atoms with van der Waals surface area (Å²) in [5.74, 6) is 0.197. The summed E-state index contributed by atoms with van der Waals surface area (Å²) < 4.78 is 23.3. The molecule has 1 aromatic carbocycles. The minimum atomic E-state index is -3.00. The summed E-state index contributed by atoms with van der Waals surface area (Å²) in [6.45, 7) is 3.96. The molecule has 3 rings (SSSR count). The topological polar surface area (TPSA) is 67.3 Å². The van der Waals surface area contributed by atoms with Gasteiger partial charge < -0.3 is 4.90 Å². The number of benzene rings is 1.